The fraction of sp³-hybridized carbons (Fsp3) is 0.261. The number of pyridine rings is 1. The molecule has 1 aromatic carbocycles. The number of nitrogens with one attached hydrogen (secondary N) is 1. The van der Waals surface area contributed by atoms with Gasteiger partial charge in [-0.15, -0.1) is 0 Å². The summed E-state index contributed by atoms with van der Waals surface area (Å²) in [6.45, 7) is 4.88. The predicted octanol–water partition coefficient (Wildman–Crippen LogP) is 4.59. The van der Waals surface area contributed by atoms with Crippen LogP contribution in [0.3, 0.4) is 0 Å². The Balaban J connectivity index is 1.43. The zero-order valence-corrected chi connectivity index (χ0v) is 17.9. The smallest absolute Gasteiger partial charge is 0.259 e. The van der Waals surface area contributed by atoms with Gasteiger partial charge in [-0.05, 0) is 42.8 Å². The average Bonchev–Trinajstić information content (AvgIpc) is 3.45. The Kier molecular flexibility index (Phi) is 5.48. The first-order valence-electron chi connectivity index (χ1n) is 10.2. The van der Waals surface area contributed by atoms with Gasteiger partial charge in [0.25, 0.3) is 11.6 Å². The molecule has 0 saturated carbocycles. The van der Waals surface area contributed by atoms with Crippen LogP contribution < -0.4 is 5.32 Å². The molecule has 1 N–H and O–H groups in total. The molecular formula is C23H22N4O3S. The number of amides is 1. The third-order valence-corrected chi connectivity index (χ3v) is 6.27. The summed E-state index contributed by atoms with van der Waals surface area (Å²) < 4.78 is 10.8. The Morgan fingerprint density at radius 3 is 2.87 bits per heavy atom. The van der Waals surface area contributed by atoms with E-state index in [0.29, 0.717) is 33.8 Å². The molecule has 8 heteroatoms. The van der Waals surface area contributed by atoms with Crippen LogP contribution >= 0.6 is 11.8 Å². The molecule has 4 heterocycles. The first-order chi connectivity index (χ1) is 15.2. The second-order valence-corrected chi connectivity index (χ2v) is 8.75. The summed E-state index contributed by atoms with van der Waals surface area (Å²) >= 11 is 2.00. The topological polar surface area (TPSA) is 84.4 Å². The molecule has 31 heavy (non-hydrogen) atoms. The number of fused-ring (bicyclic) bond motifs is 1. The highest BCUT2D eigenvalue weighted by atomic mass is 32.2. The van der Waals surface area contributed by atoms with E-state index in [1.165, 1.54) is 17.1 Å². The van der Waals surface area contributed by atoms with Gasteiger partial charge in [-0.2, -0.15) is 11.8 Å². The van der Waals surface area contributed by atoms with Crippen molar-refractivity contribution in [2.75, 3.05) is 29.9 Å². The normalized spacial score (nSPS) is 14.7. The molecule has 0 unspecified atom stereocenters. The number of anilines is 1. The van der Waals surface area contributed by atoms with Crippen LogP contribution in [0.5, 0.6) is 0 Å². The Hall–Kier alpha value is -3.10. The van der Waals surface area contributed by atoms with E-state index in [1.807, 2.05) is 30.0 Å². The summed E-state index contributed by atoms with van der Waals surface area (Å²) in [4.78, 5) is 20.2. The number of benzene rings is 1. The van der Waals surface area contributed by atoms with Gasteiger partial charge in [-0.3, -0.25) is 9.69 Å². The van der Waals surface area contributed by atoms with Crippen LogP contribution in [-0.4, -0.2) is 45.5 Å². The minimum absolute atomic E-state index is 0.238. The van der Waals surface area contributed by atoms with Crippen molar-refractivity contribution in [1.82, 2.24) is 15.0 Å². The fourth-order valence-corrected chi connectivity index (χ4v) is 4.77. The second kappa shape index (κ2) is 8.56. The predicted molar refractivity (Wildman–Crippen MR) is 121 cm³/mol. The third-order valence-electron chi connectivity index (χ3n) is 5.33. The standard InChI is InChI=1S/C23H22N4O3S/c1-15-21-18(13-19(20-6-3-9-29-20)25-23(21)30-26-15)22(28)24-17-5-2-4-16(12-17)14-27-7-10-31-11-8-27/h2-6,9,12-13H,7-8,10-11,14H2,1H3,(H,24,28). The van der Waals surface area contributed by atoms with Crippen molar-refractivity contribution in [2.45, 2.75) is 13.5 Å². The number of aromatic nitrogens is 2. The third kappa shape index (κ3) is 4.22. The fourth-order valence-electron chi connectivity index (χ4n) is 3.79. The lowest BCUT2D eigenvalue weighted by molar-refractivity contribution is 0.102. The van der Waals surface area contributed by atoms with Crippen molar-refractivity contribution in [3.8, 4) is 11.5 Å². The molecule has 7 nitrogen and oxygen atoms in total. The van der Waals surface area contributed by atoms with Crippen molar-refractivity contribution in [2.24, 2.45) is 0 Å². The van der Waals surface area contributed by atoms with Crippen LogP contribution in [0.4, 0.5) is 5.69 Å². The summed E-state index contributed by atoms with van der Waals surface area (Å²) in [5.74, 6) is 2.67. The molecule has 1 fully saturated rings. The number of rotatable bonds is 5. The van der Waals surface area contributed by atoms with Gasteiger partial charge in [-0.25, -0.2) is 4.98 Å². The monoisotopic (exact) mass is 434 g/mol. The zero-order chi connectivity index (χ0) is 21.2. The largest absolute Gasteiger partial charge is 0.463 e. The van der Waals surface area contributed by atoms with Crippen LogP contribution in [0.2, 0.25) is 0 Å². The van der Waals surface area contributed by atoms with Crippen LogP contribution in [0.1, 0.15) is 21.6 Å². The second-order valence-electron chi connectivity index (χ2n) is 7.52. The van der Waals surface area contributed by atoms with Gasteiger partial charge in [0.05, 0.1) is 22.9 Å². The average molecular weight is 435 g/mol. The molecule has 1 aliphatic heterocycles. The number of furan rings is 1. The van der Waals surface area contributed by atoms with Crippen molar-refractivity contribution in [3.63, 3.8) is 0 Å². The van der Waals surface area contributed by atoms with Crippen molar-refractivity contribution in [3.05, 3.63) is 65.5 Å². The molecule has 1 saturated heterocycles. The lowest BCUT2D eigenvalue weighted by atomic mass is 10.1. The van der Waals surface area contributed by atoms with E-state index in [-0.39, 0.29) is 5.91 Å². The molecule has 0 bridgehead atoms. The summed E-state index contributed by atoms with van der Waals surface area (Å²) in [5, 5.41) is 7.63. The van der Waals surface area contributed by atoms with Gasteiger partial charge >= 0.3 is 0 Å². The summed E-state index contributed by atoms with van der Waals surface area (Å²) in [5.41, 5.74) is 3.85. The quantitative estimate of drug-likeness (QED) is 0.492. The van der Waals surface area contributed by atoms with Gasteiger partial charge in [0, 0.05) is 36.8 Å². The van der Waals surface area contributed by atoms with E-state index in [2.05, 4.69) is 26.4 Å². The summed E-state index contributed by atoms with van der Waals surface area (Å²) in [6, 6.07) is 13.3. The van der Waals surface area contributed by atoms with Crippen LogP contribution in [-0.2, 0) is 6.54 Å². The van der Waals surface area contributed by atoms with Gasteiger partial charge in [0.2, 0.25) is 0 Å². The van der Waals surface area contributed by atoms with E-state index in [9.17, 15) is 4.79 Å². The molecule has 4 aromatic rings. The highest BCUT2D eigenvalue weighted by Gasteiger charge is 2.20. The first-order valence-corrected chi connectivity index (χ1v) is 11.3. The molecule has 1 amide bonds. The maximum atomic E-state index is 13.2. The Morgan fingerprint density at radius 1 is 1.19 bits per heavy atom. The first kappa shape index (κ1) is 19.8. The highest BCUT2D eigenvalue weighted by molar-refractivity contribution is 7.99. The highest BCUT2D eigenvalue weighted by Crippen LogP contribution is 2.28. The van der Waals surface area contributed by atoms with Gasteiger partial charge in [-0.1, -0.05) is 17.3 Å². The van der Waals surface area contributed by atoms with Gasteiger partial charge < -0.3 is 14.3 Å². The molecule has 0 radical (unpaired) electrons. The minimum atomic E-state index is -0.238. The number of carbonyl (C=O) groups excluding carboxylic acids is 1. The Morgan fingerprint density at radius 2 is 2.06 bits per heavy atom. The van der Waals surface area contributed by atoms with E-state index in [4.69, 9.17) is 8.94 Å². The van der Waals surface area contributed by atoms with Crippen molar-refractivity contribution in [1.29, 1.82) is 0 Å². The molecule has 0 spiro atoms. The molecule has 5 rings (SSSR count). The van der Waals surface area contributed by atoms with Crippen molar-refractivity contribution >= 4 is 34.5 Å². The number of carbonyl (C=O) groups is 1. The molecular weight excluding hydrogens is 412 g/mol. The maximum absolute atomic E-state index is 13.2. The van der Waals surface area contributed by atoms with E-state index < -0.39 is 0 Å². The molecule has 1 aliphatic rings. The number of aryl methyl sites for hydroxylation is 1. The number of thioether (sulfide) groups is 1. The van der Waals surface area contributed by atoms with Crippen molar-refractivity contribution < 1.29 is 13.7 Å². The maximum Gasteiger partial charge on any atom is 0.259 e. The van der Waals surface area contributed by atoms with Crippen LogP contribution in [0.15, 0.2) is 57.7 Å². The number of hydrogen-bond acceptors (Lipinski definition) is 7. The molecule has 0 aliphatic carbocycles. The molecule has 0 atom stereocenters. The van der Waals surface area contributed by atoms with E-state index in [1.54, 1.807) is 31.4 Å². The molecule has 3 aromatic heterocycles. The minimum Gasteiger partial charge on any atom is -0.463 e. The van der Waals surface area contributed by atoms with Gasteiger partial charge in [0.15, 0.2) is 5.76 Å². The molecule has 158 valence electrons. The van der Waals surface area contributed by atoms with Crippen LogP contribution in [0.25, 0.3) is 22.6 Å². The summed E-state index contributed by atoms with van der Waals surface area (Å²) in [6.07, 6.45) is 1.57. The number of hydrogen-bond donors (Lipinski definition) is 1. The zero-order valence-electron chi connectivity index (χ0n) is 17.1. The summed E-state index contributed by atoms with van der Waals surface area (Å²) in [7, 11) is 0. The van der Waals surface area contributed by atoms with E-state index >= 15 is 0 Å². The lowest BCUT2D eigenvalue weighted by Crippen LogP contribution is -2.31. The SMILES string of the molecule is Cc1noc2nc(-c3ccco3)cc(C(=O)Nc3cccc(CN4CCSCC4)c3)c12. The lowest BCUT2D eigenvalue weighted by Gasteiger charge is -2.26. The Labute approximate surface area is 183 Å². The number of nitrogens with zero attached hydrogens (tertiary/aromatic N) is 3. The Bertz CT molecular complexity index is 1210. The van der Waals surface area contributed by atoms with Crippen LogP contribution in [0, 0.1) is 6.92 Å². The van der Waals surface area contributed by atoms with Gasteiger partial charge in [0.1, 0.15) is 5.69 Å². The van der Waals surface area contributed by atoms with E-state index in [0.717, 1.165) is 25.3 Å².